The second-order valence-corrected chi connectivity index (χ2v) is 3.83. The summed E-state index contributed by atoms with van der Waals surface area (Å²) in [5.74, 6) is 0.993. The number of hydrogen-bond donors (Lipinski definition) is 1. The zero-order valence-electron chi connectivity index (χ0n) is 5.14. The largest absolute Gasteiger partial charge is 0.273 e. The van der Waals surface area contributed by atoms with Crippen LogP contribution in [0, 0.1) is 0 Å². The number of hydrogen-bond acceptors (Lipinski definition) is 4. The van der Waals surface area contributed by atoms with Crippen molar-refractivity contribution in [3.05, 3.63) is 24.4 Å². The molecule has 0 saturated heterocycles. The van der Waals surface area contributed by atoms with Crippen LogP contribution in [0.1, 0.15) is 0 Å². The first-order valence-electron chi connectivity index (χ1n) is 2.93. The zero-order chi connectivity index (χ0) is 6.97. The van der Waals surface area contributed by atoms with Crippen molar-refractivity contribution in [3.8, 4) is 0 Å². The van der Waals surface area contributed by atoms with E-state index in [2.05, 4.69) is 17.6 Å². The molecule has 0 aromatic heterocycles. The molecule has 2 rings (SSSR count). The van der Waals surface area contributed by atoms with Crippen molar-refractivity contribution in [2.24, 2.45) is 4.99 Å². The van der Waals surface area contributed by atoms with Gasteiger partial charge in [-0.3, -0.25) is 4.31 Å². The smallest absolute Gasteiger partial charge is 0.160 e. The highest BCUT2D eigenvalue weighted by molar-refractivity contribution is 8.09. The van der Waals surface area contributed by atoms with E-state index in [9.17, 15) is 0 Å². The van der Waals surface area contributed by atoms with Crippen molar-refractivity contribution < 1.29 is 0 Å². The summed E-state index contributed by atoms with van der Waals surface area (Å²) < 4.78 is 2.08. The Balaban J connectivity index is 2.29. The molecule has 0 N–H and O–H groups in total. The van der Waals surface area contributed by atoms with Gasteiger partial charge in [0.1, 0.15) is 5.84 Å². The van der Waals surface area contributed by atoms with E-state index in [0.717, 1.165) is 5.84 Å². The molecular formula is C6H6N2S2. The summed E-state index contributed by atoms with van der Waals surface area (Å²) in [5, 5.41) is 0. The van der Waals surface area contributed by atoms with Gasteiger partial charge in [0.15, 0.2) is 4.71 Å². The molecule has 0 fully saturated rings. The molecule has 1 unspecified atom stereocenters. The van der Waals surface area contributed by atoms with E-state index < -0.39 is 0 Å². The zero-order valence-corrected chi connectivity index (χ0v) is 6.85. The molecule has 1 atom stereocenters. The SMILES string of the molecule is SC1N=C2C=CC=CN2S1. The molecule has 2 heterocycles. The number of thiol groups is 1. The third kappa shape index (κ3) is 0.973. The molecule has 0 aliphatic carbocycles. The maximum Gasteiger partial charge on any atom is 0.160 e. The summed E-state index contributed by atoms with van der Waals surface area (Å²) >= 11 is 5.82. The van der Waals surface area contributed by atoms with Crippen molar-refractivity contribution >= 4 is 30.4 Å². The van der Waals surface area contributed by atoms with Gasteiger partial charge in [-0.1, -0.05) is 6.08 Å². The second-order valence-electron chi connectivity index (χ2n) is 1.95. The molecule has 2 nitrogen and oxygen atoms in total. The topological polar surface area (TPSA) is 15.6 Å². The predicted octanol–water partition coefficient (Wildman–Crippen LogP) is 1.65. The van der Waals surface area contributed by atoms with Crippen LogP contribution in [0.3, 0.4) is 0 Å². The van der Waals surface area contributed by atoms with Gasteiger partial charge in [0.2, 0.25) is 0 Å². The molecule has 2 aliphatic rings. The van der Waals surface area contributed by atoms with Gasteiger partial charge in [-0.2, -0.15) is 0 Å². The number of nitrogens with zero attached hydrogens (tertiary/aromatic N) is 2. The van der Waals surface area contributed by atoms with Crippen LogP contribution in [0.5, 0.6) is 0 Å². The summed E-state index contributed by atoms with van der Waals surface area (Å²) in [6.45, 7) is 0. The molecule has 0 spiro atoms. The Morgan fingerprint density at radius 2 is 2.50 bits per heavy atom. The number of aliphatic imine (C=N–C) groups is 1. The molecule has 52 valence electrons. The predicted molar refractivity (Wildman–Crippen MR) is 47.9 cm³/mol. The monoisotopic (exact) mass is 170 g/mol. The number of allylic oxidation sites excluding steroid dienone is 2. The Morgan fingerprint density at radius 3 is 3.30 bits per heavy atom. The van der Waals surface area contributed by atoms with Crippen LogP contribution in [0.15, 0.2) is 29.4 Å². The van der Waals surface area contributed by atoms with Gasteiger partial charge < -0.3 is 0 Å². The van der Waals surface area contributed by atoms with Crippen molar-refractivity contribution in [1.82, 2.24) is 4.31 Å². The normalized spacial score (nSPS) is 28.7. The fourth-order valence-corrected chi connectivity index (χ4v) is 1.98. The van der Waals surface area contributed by atoms with Crippen LogP contribution in [0.2, 0.25) is 0 Å². The standard InChI is InChI=1S/C6H6N2S2/c9-6-7-5-3-1-2-4-8(5)10-6/h1-4,6,9H. The highest BCUT2D eigenvalue weighted by atomic mass is 32.2. The Bertz CT molecular complexity index is 232. The summed E-state index contributed by atoms with van der Waals surface area (Å²) in [4.78, 5) is 4.24. The molecule has 2 aliphatic heterocycles. The molecule has 0 bridgehead atoms. The minimum absolute atomic E-state index is 0.0717. The molecule has 0 aromatic rings. The molecule has 0 aromatic carbocycles. The highest BCUT2D eigenvalue weighted by Crippen LogP contribution is 2.30. The van der Waals surface area contributed by atoms with Gasteiger partial charge in [-0.15, -0.1) is 12.6 Å². The number of fused-ring (bicyclic) bond motifs is 1. The minimum Gasteiger partial charge on any atom is -0.273 e. The van der Waals surface area contributed by atoms with E-state index in [1.165, 1.54) is 0 Å². The first kappa shape index (κ1) is 6.37. The lowest BCUT2D eigenvalue weighted by atomic mass is 10.4. The van der Waals surface area contributed by atoms with E-state index in [-0.39, 0.29) is 4.71 Å². The summed E-state index contributed by atoms with van der Waals surface area (Å²) in [6.07, 6.45) is 7.92. The quantitative estimate of drug-likeness (QED) is 0.439. The Labute approximate surface area is 69.2 Å². The van der Waals surface area contributed by atoms with Crippen LogP contribution in [0.4, 0.5) is 0 Å². The first-order chi connectivity index (χ1) is 4.86. The van der Waals surface area contributed by atoms with Gasteiger partial charge in [0.25, 0.3) is 0 Å². The van der Waals surface area contributed by atoms with E-state index in [0.29, 0.717) is 0 Å². The maximum atomic E-state index is 4.24. The Hall–Kier alpha value is -0.350. The lowest BCUT2D eigenvalue weighted by molar-refractivity contribution is 0.947. The third-order valence-corrected chi connectivity index (χ3v) is 2.48. The summed E-state index contributed by atoms with van der Waals surface area (Å²) in [7, 11) is 0. The van der Waals surface area contributed by atoms with Crippen LogP contribution in [-0.2, 0) is 0 Å². The average Bonchev–Trinajstić information content (AvgIpc) is 2.27. The molecule has 0 amide bonds. The van der Waals surface area contributed by atoms with Gasteiger partial charge >= 0.3 is 0 Å². The van der Waals surface area contributed by atoms with Gasteiger partial charge in [-0.05, 0) is 24.1 Å². The van der Waals surface area contributed by atoms with Crippen molar-refractivity contribution in [2.75, 3.05) is 0 Å². The molecule has 10 heavy (non-hydrogen) atoms. The fraction of sp³-hybridized carbons (Fsp3) is 0.167. The lowest BCUT2D eigenvalue weighted by Crippen LogP contribution is -2.12. The third-order valence-electron chi connectivity index (χ3n) is 1.25. The highest BCUT2D eigenvalue weighted by Gasteiger charge is 2.20. The molecule has 0 radical (unpaired) electrons. The van der Waals surface area contributed by atoms with E-state index in [1.54, 1.807) is 11.9 Å². The van der Waals surface area contributed by atoms with Crippen LogP contribution >= 0.6 is 24.6 Å². The number of amidine groups is 1. The summed E-state index contributed by atoms with van der Waals surface area (Å²) in [5.41, 5.74) is 0. The van der Waals surface area contributed by atoms with Crippen LogP contribution < -0.4 is 0 Å². The van der Waals surface area contributed by atoms with Gasteiger partial charge in [-0.25, -0.2) is 4.99 Å². The van der Waals surface area contributed by atoms with E-state index in [4.69, 9.17) is 0 Å². The van der Waals surface area contributed by atoms with Crippen molar-refractivity contribution in [1.29, 1.82) is 0 Å². The maximum absolute atomic E-state index is 4.24. The lowest BCUT2D eigenvalue weighted by Gasteiger charge is -2.12. The minimum atomic E-state index is 0.0717. The van der Waals surface area contributed by atoms with Crippen molar-refractivity contribution in [2.45, 2.75) is 4.71 Å². The Morgan fingerprint density at radius 1 is 1.60 bits per heavy atom. The second kappa shape index (κ2) is 2.36. The van der Waals surface area contributed by atoms with Gasteiger partial charge in [0.05, 0.1) is 0 Å². The first-order valence-corrected chi connectivity index (χ1v) is 4.28. The molecule has 0 saturated carbocycles. The molecule has 4 heteroatoms. The number of rotatable bonds is 0. The van der Waals surface area contributed by atoms with Crippen LogP contribution in [-0.4, -0.2) is 14.8 Å². The van der Waals surface area contributed by atoms with E-state index in [1.807, 2.05) is 28.7 Å². The average molecular weight is 170 g/mol. The van der Waals surface area contributed by atoms with E-state index >= 15 is 0 Å². The van der Waals surface area contributed by atoms with Gasteiger partial charge in [0, 0.05) is 6.20 Å². The summed E-state index contributed by atoms with van der Waals surface area (Å²) in [6, 6.07) is 0. The fourth-order valence-electron chi connectivity index (χ4n) is 0.847. The Kier molecular flexibility index (Phi) is 1.50. The van der Waals surface area contributed by atoms with Crippen molar-refractivity contribution in [3.63, 3.8) is 0 Å². The van der Waals surface area contributed by atoms with Crippen LogP contribution in [0.25, 0.3) is 0 Å². The molecular weight excluding hydrogens is 164 g/mol.